The van der Waals surface area contributed by atoms with Crippen molar-refractivity contribution in [3.63, 3.8) is 0 Å². The summed E-state index contributed by atoms with van der Waals surface area (Å²) in [7, 11) is -1.92. The van der Waals surface area contributed by atoms with Crippen LogP contribution in [-0.2, 0) is 23.0 Å². The molecule has 1 atom stereocenters. The first kappa shape index (κ1) is 21.1. The SMILES string of the molecule is Cc1ccc(S(=O)(=O)n2ccc3c(N(C)C4CCn5cc(C(=O)O)nc5C4)ncnc32)cc1. The smallest absolute Gasteiger partial charge is 0.356 e. The first-order valence-electron chi connectivity index (χ1n) is 10.4. The number of anilines is 1. The van der Waals surface area contributed by atoms with E-state index in [1.54, 1.807) is 36.5 Å². The highest BCUT2D eigenvalue weighted by Gasteiger charge is 2.28. The molecule has 10 nitrogen and oxygen atoms in total. The van der Waals surface area contributed by atoms with Gasteiger partial charge < -0.3 is 14.6 Å². The van der Waals surface area contributed by atoms with Crippen LogP contribution in [0.2, 0.25) is 0 Å². The summed E-state index contributed by atoms with van der Waals surface area (Å²) in [5, 5.41) is 9.84. The molecule has 0 radical (unpaired) electrons. The van der Waals surface area contributed by atoms with Crippen molar-refractivity contribution in [2.45, 2.75) is 37.2 Å². The number of nitrogens with zero attached hydrogens (tertiary/aromatic N) is 6. The molecule has 1 aliphatic heterocycles. The largest absolute Gasteiger partial charge is 0.476 e. The van der Waals surface area contributed by atoms with Gasteiger partial charge in [0.25, 0.3) is 10.0 Å². The van der Waals surface area contributed by atoms with Crippen LogP contribution in [0.3, 0.4) is 0 Å². The van der Waals surface area contributed by atoms with E-state index in [0.29, 0.717) is 35.6 Å². The van der Waals surface area contributed by atoms with Crippen LogP contribution in [-0.4, -0.2) is 56.1 Å². The Bertz CT molecular complexity index is 1470. The lowest BCUT2D eigenvalue weighted by molar-refractivity contribution is 0.0690. The van der Waals surface area contributed by atoms with Gasteiger partial charge in [0.2, 0.25) is 0 Å². The molecule has 11 heteroatoms. The minimum absolute atomic E-state index is 0.0247. The lowest BCUT2D eigenvalue weighted by Gasteiger charge is -2.32. The normalized spacial score (nSPS) is 16.0. The van der Waals surface area contributed by atoms with Crippen LogP contribution in [0.4, 0.5) is 5.82 Å². The Hall–Kier alpha value is -3.73. The van der Waals surface area contributed by atoms with Crippen molar-refractivity contribution >= 4 is 32.8 Å². The molecule has 5 rings (SSSR count). The van der Waals surface area contributed by atoms with Gasteiger partial charge in [-0.25, -0.2) is 32.1 Å². The number of hydrogen-bond donors (Lipinski definition) is 1. The fraction of sp³-hybridized carbons (Fsp3) is 0.273. The molecule has 0 saturated heterocycles. The van der Waals surface area contributed by atoms with E-state index in [1.807, 2.05) is 23.4 Å². The molecule has 1 aliphatic rings. The van der Waals surface area contributed by atoms with Gasteiger partial charge in [-0.05, 0) is 31.5 Å². The summed E-state index contributed by atoms with van der Waals surface area (Å²) in [5.74, 6) is 0.275. The van der Waals surface area contributed by atoms with E-state index < -0.39 is 16.0 Å². The van der Waals surface area contributed by atoms with Gasteiger partial charge in [0.1, 0.15) is 18.0 Å². The summed E-state index contributed by atoms with van der Waals surface area (Å²) in [6.07, 6.45) is 5.75. The average Bonchev–Trinajstić information content (AvgIpc) is 3.43. The molecular weight excluding hydrogens is 444 g/mol. The van der Waals surface area contributed by atoms with E-state index in [0.717, 1.165) is 12.0 Å². The Morgan fingerprint density at radius 2 is 1.94 bits per heavy atom. The first-order chi connectivity index (χ1) is 15.8. The second-order valence-electron chi connectivity index (χ2n) is 8.16. The van der Waals surface area contributed by atoms with Crippen LogP contribution in [0.1, 0.15) is 28.3 Å². The lowest BCUT2D eigenvalue weighted by atomic mass is 10.0. The first-order valence-corrected chi connectivity index (χ1v) is 11.9. The van der Waals surface area contributed by atoms with Gasteiger partial charge in [-0.2, -0.15) is 0 Å². The zero-order valence-electron chi connectivity index (χ0n) is 18.1. The van der Waals surface area contributed by atoms with E-state index in [-0.39, 0.29) is 16.6 Å². The topological polar surface area (TPSA) is 123 Å². The highest BCUT2D eigenvalue weighted by molar-refractivity contribution is 7.90. The van der Waals surface area contributed by atoms with Gasteiger partial charge in [0.15, 0.2) is 11.3 Å². The van der Waals surface area contributed by atoms with E-state index in [2.05, 4.69) is 15.0 Å². The second kappa shape index (κ2) is 7.69. The van der Waals surface area contributed by atoms with Crippen molar-refractivity contribution in [2.75, 3.05) is 11.9 Å². The summed E-state index contributed by atoms with van der Waals surface area (Å²) in [6, 6.07) is 8.42. The maximum Gasteiger partial charge on any atom is 0.356 e. The van der Waals surface area contributed by atoms with Crippen LogP contribution in [0.15, 0.2) is 53.9 Å². The number of aromatic nitrogens is 5. The Morgan fingerprint density at radius 3 is 2.67 bits per heavy atom. The minimum atomic E-state index is -3.81. The van der Waals surface area contributed by atoms with Crippen LogP contribution in [0.25, 0.3) is 11.0 Å². The zero-order chi connectivity index (χ0) is 23.3. The van der Waals surface area contributed by atoms with Crippen molar-refractivity contribution in [2.24, 2.45) is 0 Å². The van der Waals surface area contributed by atoms with Crippen LogP contribution < -0.4 is 4.90 Å². The number of carbonyl (C=O) groups is 1. The second-order valence-corrected chi connectivity index (χ2v) is 9.98. The van der Waals surface area contributed by atoms with Crippen molar-refractivity contribution < 1.29 is 18.3 Å². The van der Waals surface area contributed by atoms with Crippen molar-refractivity contribution in [3.8, 4) is 0 Å². The standard InChI is InChI=1S/C22H22N6O4S/c1-14-3-5-16(6-4-14)33(31,32)28-10-8-17-20(23-13-24-21(17)28)26(2)15-7-9-27-12-18(22(29)30)25-19(27)11-15/h3-6,8,10,12-13,15H,7,9,11H2,1-2H3,(H,29,30). The van der Waals surface area contributed by atoms with E-state index in [1.165, 1.54) is 16.5 Å². The maximum atomic E-state index is 13.2. The van der Waals surface area contributed by atoms with Gasteiger partial charge in [-0.3, -0.25) is 0 Å². The highest BCUT2D eigenvalue weighted by Crippen LogP contribution is 2.30. The van der Waals surface area contributed by atoms with E-state index >= 15 is 0 Å². The van der Waals surface area contributed by atoms with Crippen molar-refractivity contribution in [1.82, 2.24) is 23.5 Å². The summed E-state index contributed by atoms with van der Waals surface area (Å²) >= 11 is 0. The number of carboxylic acids is 1. The molecule has 4 aromatic rings. The third kappa shape index (κ3) is 3.54. The Kier molecular flexibility index (Phi) is 4.93. The molecule has 0 aliphatic carbocycles. The van der Waals surface area contributed by atoms with Crippen LogP contribution in [0.5, 0.6) is 0 Å². The number of imidazole rings is 1. The summed E-state index contributed by atoms with van der Waals surface area (Å²) in [5.41, 5.74) is 1.31. The van der Waals surface area contributed by atoms with Gasteiger partial charge >= 0.3 is 5.97 Å². The number of fused-ring (bicyclic) bond motifs is 2. The third-order valence-electron chi connectivity index (χ3n) is 6.09. The maximum absolute atomic E-state index is 13.2. The molecule has 0 bridgehead atoms. The Morgan fingerprint density at radius 1 is 1.18 bits per heavy atom. The molecule has 0 saturated carbocycles. The average molecular weight is 467 g/mol. The molecule has 1 unspecified atom stereocenters. The number of aromatic carboxylic acids is 1. The number of aryl methyl sites for hydroxylation is 2. The van der Waals surface area contributed by atoms with Crippen LogP contribution >= 0.6 is 0 Å². The van der Waals surface area contributed by atoms with Crippen molar-refractivity contribution in [3.05, 3.63) is 66.1 Å². The molecular formula is C22H22N6O4S. The molecule has 0 amide bonds. The lowest BCUT2D eigenvalue weighted by Crippen LogP contribution is -2.38. The molecule has 1 aromatic carbocycles. The fourth-order valence-electron chi connectivity index (χ4n) is 4.23. The van der Waals surface area contributed by atoms with Gasteiger partial charge in [0.05, 0.1) is 10.3 Å². The summed E-state index contributed by atoms with van der Waals surface area (Å²) < 4.78 is 29.5. The predicted molar refractivity (Wildman–Crippen MR) is 121 cm³/mol. The monoisotopic (exact) mass is 466 g/mol. The molecule has 170 valence electrons. The molecule has 33 heavy (non-hydrogen) atoms. The number of rotatable bonds is 5. The number of likely N-dealkylation sites (N-methyl/N-ethyl adjacent to an activating group) is 1. The Balaban J connectivity index is 1.49. The van der Waals surface area contributed by atoms with Gasteiger partial charge in [0, 0.05) is 38.4 Å². The third-order valence-corrected chi connectivity index (χ3v) is 7.77. The number of benzene rings is 1. The molecule has 4 heterocycles. The van der Waals surface area contributed by atoms with Gasteiger partial charge in [-0.15, -0.1) is 0 Å². The fourth-order valence-corrected chi connectivity index (χ4v) is 5.53. The molecule has 1 N–H and O–H groups in total. The number of hydrogen-bond acceptors (Lipinski definition) is 7. The molecule has 3 aromatic heterocycles. The Labute approximate surface area is 190 Å². The highest BCUT2D eigenvalue weighted by atomic mass is 32.2. The number of carboxylic acid groups (broad SMARTS) is 1. The quantitative estimate of drug-likeness (QED) is 0.475. The van der Waals surface area contributed by atoms with Crippen molar-refractivity contribution in [1.29, 1.82) is 0 Å². The van der Waals surface area contributed by atoms with E-state index in [4.69, 9.17) is 0 Å². The zero-order valence-corrected chi connectivity index (χ0v) is 18.9. The van der Waals surface area contributed by atoms with Gasteiger partial charge in [-0.1, -0.05) is 17.7 Å². The molecule has 0 spiro atoms. The predicted octanol–water partition coefficient (Wildman–Crippen LogP) is 2.32. The summed E-state index contributed by atoms with van der Waals surface area (Å²) in [6.45, 7) is 2.54. The minimum Gasteiger partial charge on any atom is -0.476 e. The van der Waals surface area contributed by atoms with E-state index in [9.17, 15) is 18.3 Å². The summed E-state index contributed by atoms with van der Waals surface area (Å²) in [4.78, 5) is 26.4. The van der Waals surface area contributed by atoms with Crippen LogP contribution in [0, 0.1) is 6.92 Å². The molecule has 0 fully saturated rings.